The summed E-state index contributed by atoms with van der Waals surface area (Å²) in [7, 11) is 0. The van der Waals surface area contributed by atoms with Crippen molar-refractivity contribution >= 4 is 54.3 Å². The quantitative estimate of drug-likeness (QED) is 0.403. The molecular weight excluding hydrogens is 460 g/mol. The van der Waals surface area contributed by atoms with E-state index in [1.807, 2.05) is 43.3 Å². The molecule has 26 heavy (non-hydrogen) atoms. The molecule has 0 atom stereocenters. The Hall–Kier alpha value is -2.18. The summed E-state index contributed by atoms with van der Waals surface area (Å²) in [5, 5.41) is 6.47. The molecular formula is C20H16Br2N2O2. The highest BCUT2D eigenvalue weighted by atomic mass is 79.9. The van der Waals surface area contributed by atoms with E-state index in [9.17, 15) is 4.79 Å². The summed E-state index contributed by atoms with van der Waals surface area (Å²) in [6.45, 7) is 1.74. The number of fused-ring (bicyclic) bond motifs is 1. The monoisotopic (exact) mass is 474 g/mol. The van der Waals surface area contributed by atoms with E-state index in [1.165, 1.54) is 5.39 Å². The van der Waals surface area contributed by atoms with Gasteiger partial charge in [0.05, 0.1) is 10.2 Å². The molecule has 3 aromatic carbocycles. The number of halogens is 2. The van der Waals surface area contributed by atoms with Gasteiger partial charge in [-0.3, -0.25) is 4.79 Å². The Kier molecular flexibility index (Phi) is 6.06. The van der Waals surface area contributed by atoms with Crippen LogP contribution >= 0.6 is 31.9 Å². The Labute approximate surface area is 168 Å². The highest BCUT2D eigenvalue weighted by Crippen LogP contribution is 2.28. The first-order valence-corrected chi connectivity index (χ1v) is 9.52. The highest BCUT2D eigenvalue weighted by Gasteiger charge is 2.06. The standard InChI is InChI=1S/C20H16Br2N2O2/c1-13(15-7-6-14-4-2-3-5-16(14)10-15)23-24-20(25)12-26-19-9-8-17(21)11-18(19)22/h2-11H,12H2,1H3,(H,24,25). The third-order valence-electron chi connectivity index (χ3n) is 3.77. The van der Waals surface area contributed by atoms with E-state index in [-0.39, 0.29) is 12.5 Å². The SMILES string of the molecule is CC(=NNC(=O)COc1ccc(Br)cc1Br)c1ccc2ccccc2c1. The lowest BCUT2D eigenvalue weighted by molar-refractivity contribution is -0.123. The third-order valence-corrected chi connectivity index (χ3v) is 4.88. The van der Waals surface area contributed by atoms with Crippen LogP contribution in [0.4, 0.5) is 0 Å². The molecule has 1 amide bonds. The number of nitrogens with zero attached hydrogens (tertiary/aromatic N) is 1. The van der Waals surface area contributed by atoms with Crippen LogP contribution in [0.1, 0.15) is 12.5 Å². The van der Waals surface area contributed by atoms with E-state index >= 15 is 0 Å². The molecule has 0 unspecified atom stereocenters. The Bertz CT molecular complexity index is 986. The number of rotatable bonds is 5. The van der Waals surface area contributed by atoms with Gasteiger partial charge in [0.15, 0.2) is 6.61 Å². The smallest absolute Gasteiger partial charge is 0.277 e. The number of carbonyl (C=O) groups excluding carboxylic acids is 1. The fourth-order valence-corrected chi connectivity index (χ4v) is 3.55. The van der Waals surface area contributed by atoms with Crippen molar-refractivity contribution < 1.29 is 9.53 Å². The van der Waals surface area contributed by atoms with Crippen LogP contribution in [-0.2, 0) is 4.79 Å². The predicted molar refractivity (Wildman–Crippen MR) is 112 cm³/mol. The zero-order valence-corrected chi connectivity index (χ0v) is 17.2. The van der Waals surface area contributed by atoms with Crippen molar-refractivity contribution in [3.05, 3.63) is 75.2 Å². The number of ether oxygens (including phenoxy) is 1. The minimum atomic E-state index is -0.319. The van der Waals surface area contributed by atoms with Gasteiger partial charge >= 0.3 is 0 Å². The van der Waals surface area contributed by atoms with Crippen LogP contribution in [0.15, 0.2) is 74.7 Å². The molecule has 0 aliphatic carbocycles. The summed E-state index contributed by atoms with van der Waals surface area (Å²) < 4.78 is 7.20. The second-order valence-electron chi connectivity index (χ2n) is 5.66. The lowest BCUT2D eigenvalue weighted by Crippen LogP contribution is -2.25. The van der Waals surface area contributed by atoms with Crippen molar-refractivity contribution in [3.63, 3.8) is 0 Å². The van der Waals surface area contributed by atoms with Gasteiger partial charge in [-0.15, -0.1) is 0 Å². The maximum absolute atomic E-state index is 12.0. The molecule has 0 radical (unpaired) electrons. The van der Waals surface area contributed by atoms with E-state index in [0.717, 1.165) is 25.6 Å². The fraction of sp³-hybridized carbons (Fsp3) is 0.100. The largest absolute Gasteiger partial charge is 0.483 e. The van der Waals surface area contributed by atoms with E-state index < -0.39 is 0 Å². The van der Waals surface area contributed by atoms with Crippen molar-refractivity contribution in [2.75, 3.05) is 6.61 Å². The van der Waals surface area contributed by atoms with Gasteiger partial charge in [0.25, 0.3) is 5.91 Å². The lowest BCUT2D eigenvalue weighted by atomic mass is 10.0. The minimum absolute atomic E-state index is 0.116. The van der Waals surface area contributed by atoms with E-state index in [2.05, 4.69) is 60.6 Å². The number of nitrogens with one attached hydrogen (secondary N) is 1. The van der Waals surface area contributed by atoms with Crippen LogP contribution in [0.3, 0.4) is 0 Å². The molecule has 132 valence electrons. The average molecular weight is 476 g/mol. The van der Waals surface area contributed by atoms with Crippen LogP contribution < -0.4 is 10.2 Å². The summed E-state index contributed by atoms with van der Waals surface area (Å²) in [5.41, 5.74) is 4.22. The molecule has 0 bridgehead atoms. The fourth-order valence-electron chi connectivity index (χ4n) is 2.39. The molecule has 4 nitrogen and oxygen atoms in total. The first-order chi connectivity index (χ1) is 12.5. The zero-order valence-electron chi connectivity index (χ0n) is 14.0. The minimum Gasteiger partial charge on any atom is -0.483 e. The Morgan fingerprint density at radius 2 is 1.81 bits per heavy atom. The van der Waals surface area contributed by atoms with Gasteiger partial charge in [0.2, 0.25) is 0 Å². The maximum Gasteiger partial charge on any atom is 0.277 e. The van der Waals surface area contributed by atoms with Crippen LogP contribution in [0.25, 0.3) is 10.8 Å². The van der Waals surface area contributed by atoms with Gasteiger partial charge in [-0.05, 0) is 63.5 Å². The van der Waals surface area contributed by atoms with Crippen LogP contribution in [0, 0.1) is 0 Å². The molecule has 0 spiro atoms. The Balaban J connectivity index is 1.61. The zero-order chi connectivity index (χ0) is 18.5. The summed E-state index contributed by atoms with van der Waals surface area (Å²) >= 11 is 6.77. The Morgan fingerprint density at radius 3 is 2.58 bits per heavy atom. The van der Waals surface area contributed by atoms with Crippen molar-refractivity contribution in [2.45, 2.75) is 6.92 Å². The van der Waals surface area contributed by atoms with Crippen LogP contribution in [0.5, 0.6) is 5.75 Å². The molecule has 0 saturated carbocycles. The van der Waals surface area contributed by atoms with Crippen molar-refractivity contribution in [1.82, 2.24) is 5.43 Å². The molecule has 3 aromatic rings. The van der Waals surface area contributed by atoms with Gasteiger partial charge in [-0.1, -0.05) is 52.3 Å². The van der Waals surface area contributed by atoms with Crippen molar-refractivity contribution in [2.24, 2.45) is 5.10 Å². The molecule has 0 aromatic heterocycles. The number of hydrazone groups is 1. The number of carbonyl (C=O) groups is 1. The molecule has 1 N–H and O–H groups in total. The summed E-state index contributed by atoms with van der Waals surface area (Å²) in [6.07, 6.45) is 0. The molecule has 0 saturated heterocycles. The van der Waals surface area contributed by atoms with E-state index in [1.54, 1.807) is 6.07 Å². The number of hydrogen-bond donors (Lipinski definition) is 1. The third kappa shape index (κ3) is 4.71. The van der Waals surface area contributed by atoms with Gasteiger partial charge in [-0.25, -0.2) is 5.43 Å². The topological polar surface area (TPSA) is 50.7 Å². The van der Waals surface area contributed by atoms with Gasteiger partial charge in [-0.2, -0.15) is 5.10 Å². The van der Waals surface area contributed by atoms with Gasteiger partial charge in [0, 0.05) is 4.47 Å². The molecule has 0 fully saturated rings. The second kappa shape index (κ2) is 8.47. The number of hydrogen-bond acceptors (Lipinski definition) is 3. The van der Waals surface area contributed by atoms with Crippen LogP contribution in [-0.4, -0.2) is 18.2 Å². The molecule has 3 rings (SSSR count). The summed E-state index contributed by atoms with van der Waals surface area (Å²) in [4.78, 5) is 12.0. The van der Waals surface area contributed by atoms with Gasteiger partial charge < -0.3 is 4.74 Å². The molecule has 0 aliphatic heterocycles. The Morgan fingerprint density at radius 1 is 1.04 bits per heavy atom. The van der Waals surface area contributed by atoms with Crippen molar-refractivity contribution in [3.8, 4) is 5.75 Å². The number of benzene rings is 3. The molecule has 6 heteroatoms. The van der Waals surface area contributed by atoms with E-state index in [4.69, 9.17) is 4.74 Å². The maximum atomic E-state index is 12.0. The first kappa shape index (κ1) is 18.6. The lowest BCUT2D eigenvalue weighted by Gasteiger charge is -2.08. The predicted octanol–water partition coefficient (Wildman–Crippen LogP) is 5.28. The molecule has 0 heterocycles. The van der Waals surface area contributed by atoms with Gasteiger partial charge in [0.1, 0.15) is 5.75 Å². The summed E-state index contributed by atoms with van der Waals surface area (Å²) in [6, 6.07) is 19.7. The highest BCUT2D eigenvalue weighted by molar-refractivity contribution is 9.11. The average Bonchev–Trinajstić information content (AvgIpc) is 2.65. The van der Waals surface area contributed by atoms with Crippen molar-refractivity contribution in [1.29, 1.82) is 0 Å². The summed E-state index contributed by atoms with van der Waals surface area (Å²) in [5.74, 6) is 0.276. The normalized spacial score (nSPS) is 11.4. The molecule has 0 aliphatic rings. The first-order valence-electron chi connectivity index (χ1n) is 7.93. The van der Waals surface area contributed by atoms with E-state index in [0.29, 0.717) is 5.75 Å². The second-order valence-corrected chi connectivity index (χ2v) is 7.43. The number of amides is 1. The van der Waals surface area contributed by atoms with Crippen LogP contribution in [0.2, 0.25) is 0 Å².